The van der Waals surface area contributed by atoms with E-state index in [1.807, 2.05) is 0 Å². The molecule has 0 spiro atoms. The van der Waals surface area contributed by atoms with Crippen molar-refractivity contribution >= 4 is 27.5 Å². The van der Waals surface area contributed by atoms with Crippen LogP contribution < -0.4 is 15.2 Å². The smallest absolute Gasteiger partial charge is 0.257 e. The van der Waals surface area contributed by atoms with Gasteiger partial charge in [0.15, 0.2) is 6.61 Å². The highest BCUT2D eigenvalue weighted by atomic mass is 35.5. The van der Waals surface area contributed by atoms with E-state index in [9.17, 15) is 13.2 Å². The third-order valence-electron chi connectivity index (χ3n) is 2.88. The Morgan fingerprint density at radius 2 is 2.15 bits per heavy atom. The van der Waals surface area contributed by atoms with Crippen molar-refractivity contribution in [2.75, 3.05) is 13.2 Å². The molecule has 8 heteroatoms. The maximum Gasteiger partial charge on any atom is 0.257 e. The van der Waals surface area contributed by atoms with Gasteiger partial charge in [0.1, 0.15) is 5.75 Å². The van der Waals surface area contributed by atoms with Crippen LogP contribution in [0.1, 0.15) is 12.8 Å². The largest absolute Gasteiger partial charge is 0.482 e. The molecule has 0 unspecified atom stereocenters. The molecule has 0 bridgehead atoms. The van der Waals surface area contributed by atoms with Gasteiger partial charge in [-0.1, -0.05) is 11.6 Å². The second-order valence-electron chi connectivity index (χ2n) is 4.67. The second kappa shape index (κ2) is 5.99. The standard InChI is InChI=1S/C12H15ClN2O4S/c13-10-5-9(20(14,17)18)3-4-11(10)19-7-12(16)15-6-8-1-2-8/h3-5,8H,1-2,6-7H2,(H,15,16)(H2,14,17,18). The van der Waals surface area contributed by atoms with Crippen LogP contribution in [0.15, 0.2) is 23.1 Å². The van der Waals surface area contributed by atoms with Crippen molar-refractivity contribution in [2.24, 2.45) is 11.1 Å². The number of amides is 1. The lowest BCUT2D eigenvalue weighted by molar-refractivity contribution is -0.123. The molecule has 1 aromatic carbocycles. The number of nitrogens with two attached hydrogens (primary N) is 1. The summed E-state index contributed by atoms with van der Waals surface area (Å²) in [6.45, 7) is 0.501. The highest BCUT2D eigenvalue weighted by molar-refractivity contribution is 7.89. The number of hydrogen-bond acceptors (Lipinski definition) is 4. The zero-order valence-electron chi connectivity index (χ0n) is 10.6. The zero-order valence-corrected chi connectivity index (χ0v) is 12.2. The molecule has 0 saturated heterocycles. The van der Waals surface area contributed by atoms with E-state index < -0.39 is 10.0 Å². The van der Waals surface area contributed by atoms with Gasteiger partial charge in [-0.25, -0.2) is 13.6 Å². The molecule has 1 amide bonds. The Labute approximate surface area is 122 Å². The number of primary sulfonamides is 1. The summed E-state index contributed by atoms with van der Waals surface area (Å²) >= 11 is 5.88. The number of carbonyl (C=O) groups excluding carboxylic acids is 1. The van der Waals surface area contributed by atoms with Gasteiger partial charge in [0.2, 0.25) is 10.0 Å². The molecule has 0 atom stereocenters. The van der Waals surface area contributed by atoms with E-state index in [1.54, 1.807) is 0 Å². The van der Waals surface area contributed by atoms with E-state index in [4.69, 9.17) is 21.5 Å². The maximum atomic E-state index is 11.5. The van der Waals surface area contributed by atoms with Gasteiger partial charge in [-0.3, -0.25) is 4.79 Å². The molecule has 1 aliphatic carbocycles. The molecule has 2 rings (SSSR count). The molecule has 1 saturated carbocycles. The van der Waals surface area contributed by atoms with E-state index in [2.05, 4.69) is 5.32 Å². The number of ether oxygens (including phenoxy) is 1. The molecule has 1 aromatic rings. The van der Waals surface area contributed by atoms with Crippen LogP contribution in [0, 0.1) is 5.92 Å². The summed E-state index contributed by atoms with van der Waals surface area (Å²) in [5, 5.41) is 7.82. The third-order valence-corrected chi connectivity index (χ3v) is 4.08. The number of sulfonamides is 1. The Kier molecular flexibility index (Phi) is 4.52. The van der Waals surface area contributed by atoms with Crippen molar-refractivity contribution in [3.05, 3.63) is 23.2 Å². The summed E-state index contributed by atoms with van der Waals surface area (Å²) in [6, 6.07) is 3.84. The van der Waals surface area contributed by atoms with E-state index in [1.165, 1.54) is 18.2 Å². The van der Waals surface area contributed by atoms with Crippen LogP contribution in [0.5, 0.6) is 5.75 Å². The molecule has 0 radical (unpaired) electrons. The summed E-state index contributed by atoms with van der Waals surface area (Å²) < 4.78 is 27.5. The Morgan fingerprint density at radius 3 is 2.70 bits per heavy atom. The number of benzene rings is 1. The van der Waals surface area contributed by atoms with Crippen LogP contribution in [0.4, 0.5) is 0 Å². The molecule has 1 aliphatic rings. The Balaban J connectivity index is 1.90. The first-order valence-corrected chi connectivity index (χ1v) is 8.00. The van der Waals surface area contributed by atoms with Gasteiger partial charge >= 0.3 is 0 Å². The van der Waals surface area contributed by atoms with Gasteiger partial charge in [0, 0.05) is 6.54 Å². The lowest BCUT2D eigenvalue weighted by Crippen LogP contribution is -2.30. The van der Waals surface area contributed by atoms with Crippen molar-refractivity contribution in [1.29, 1.82) is 0 Å². The van der Waals surface area contributed by atoms with Gasteiger partial charge in [-0.05, 0) is 37.0 Å². The summed E-state index contributed by atoms with van der Waals surface area (Å²) in [7, 11) is -3.80. The van der Waals surface area contributed by atoms with E-state index in [-0.39, 0.29) is 28.2 Å². The fourth-order valence-corrected chi connectivity index (χ4v) is 2.39. The number of carbonyl (C=O) groups is 1. The average molecular weight is 319 g/mol. The maximum absolute atomic E-state index is 11.5. The van der Waals surface area contributed by atoms with Gasteiger partial charge in [-0.2, -0.15) is 0 Å². The number of nitrogens with one attached hydrogen (secondary N) is 1. The molecular formula is C12H15ClN2O4S. The van der Waals surface area contributed by atoms with Crippen molar-refractivity contribution in [1.82, 2.24) is 5.32 Å². The average Bonchev–Trinajstić information content (AvgIpc) is 3.17. The predicted molar refractivity (Wildman–Crippen MR) is 74.1 cm³/mol. The number of rotatable bonds is 6. The van der Waals surface area contributed by atoms with Crippen LogP contribution >= 0.6 is 11.6 Å². The summed E-state index contributed by atoms with van der Waals surface area (Å²) in [5.74, 6) is 0.598. The van der Waals surface area contributed by atoms with Gasteiger partial charge < -0.3 is 10.1 Å². The Morgan fingerprint density at radius 1 is 1.45 bits per heavy atom. The highest BCUT2D eigenvalue weighted by Gasteiger charge is 2.21. The first-order valence-electron chi connectivity index (χ1n) is 6.08. The molecular weight excluding hydrogens is 304 g/mol. The van der Waals surface area contributed by atoms with Crippen molar-refractivity contribution in [3.63, 3.8) is 0 Å². The Bertz CT molecular complexity index is 614. The van der Waals surface area contributed by atoms with Crippen LogP contribution in [-0.2, 0) is 14.8 Å². The van der Waals surface area contributed by atoms with Crippen molar-refractivity contribution < 1.29 is 17.9 Å². The Hall–Kier alpha value is -1.31. The van der Waals surface area contributed by atoms with Crippen molar-refractivity contribution in [3.8, 4) is 5.75 Å². The molecule has 0 aliphatic heterocycles. The lowest BCUT2D eigenvalue weighted by atomic mass is 10.3. The summed E-state index contributed by atoms with van der Waals surface area (Å²) in [5.41, 5.74) is 0. The van der Waals surface area contributed by atoms with E-state index in [0.29, 0.717) is 12.5 Å². The first-order chi connectivity index (χ1) is 9.36. The molecule has 110 valence electrons. The minimum absolute atomic E-state index is 0.0894. The SMILES string of the molecule is NS(=O)(=O)c1ccc(OCC(=O)NCC2CC2)c(Cl)c1. The van der Waals surface area contributed by atoms with Gasteiger partial charge in [0.05, 0.1) is 9.92 Å². The van der Waals surface area contributed by atoms with Gasteiger partial charge in [-0.15, -0.1) is 0 Å². The quantitative estimate of drug-likeness (QED) is 0.813. The third kappa shape index (κ3) is 4.36. The molecule has 6 nitrogen and oxygen atoms in total. The summed E-state index contributed by atoms with van der Waals surface area (Å²) in [6.07, 6.45) is 2.31. The number of halogens is 1. The molecule has 0 aromatic heterocycles. The molecule has 1 fully saturated rings. The minimum atomic E-state index is -3.80. The molecule has 0 heterocycles. The van der Waals surface area contributed by atoms with Crippen LogP contribution in [0.25, 0.3) is 0 Å². The predicted octanol–water partition coefficient (Wildman–Crippen LogP) is 0.892. The van der Waals surface area contributed by atoms with Crippen molar-refractivity contribution in [2.45, 2.75) is 17.7 Å². The normalized spacial score (nSPS) is 14.9. The lowest BCUT2D eigenvalue weighted by Gasteiger charge is -2.09. The summed E-state index contributed by atoms with van der Waals surface area (Å²) in [4.78, 5) is 11.4. The van der Waals surface area contributed by atoms with Gasteiger partial charge in [0.25, 0.3) is 5.91 Å². The van der Waals surface area contributed by atoms with E-state index >= 15 is 0 Å². The highest BCUT2D eigenvalue weighted by Crippen LogP contribution is 2.28. The molecule has 3 N–H and O–H groups in total. The van der Waals surface area contributed by atoms with E-state index in [0.717, 1.165) is 12.8 Å². The second-order valence-corrected chi connectivity index (χ2v) is 6.64. The number of hydrogen-bond donors (Lipinski definition) is 2. The first kappa shape index (κ1) is 15.1. The fraction of sp³-hybridized carbons (Fsp3) is 0.417. The van der Waals surface area contributed by atoms with Crippen LogP contribution in [0.3, 0.4) is 0 Å². The fourth-order valence-electron chi connectivity index (χ4n) is 1.55. The van der Waals surface area contributed by atoms with Crippen LogP contribution in [-0.4, -0.2) is 27.5 Å². The topological polar surface area (TPSA) is 98.5 Å². The van der Waals surface area contributed by atoms with Crippen LogP contribution in [0.2, 0.25) is 5.02 Å². The zero-order chi connectivity index (χ0) is 14.8. The monoisotopic (exact) mass is 318 g/mol. The minimum Gasteiger partial charge on any atom is -0.482 e. The molecule has 20 heavy (non-hydrogen) atoms.